The van der Waals surface area contributed by atoms with Crippen LogP contribution < -0.4 is 4.90 Å². The first-order chi connectivity index (χ1) is 12.6. The van der Waals surface area contributed by atoms with Crippen molar-refractivity contribution in [2.75, 3.05) is 18.0 Å². The molecule has 3 unspecified atom stereocenters. The predicted molar refractivity (Wildman–Crippen MR) is 102 cm³/mol. The van der Waals surface area contributed by atoms with Crippen LogP contribution in [-0.2, 0) is 4.79 Å². The molecule has 4 heterocycles. The monoisotopic (exact) mass is 350 g/mol. The molecule has 136 valence electrons. The average Bonchev–Trinajstić information content (AvgIpc) is 2.62. The van der Waals surface area contributed by atoms with E-state index in [-0.39, 0.29) is 11.8 Å². The van der Waals surface area contributed by atoms with Gasteiger partial charge in [0.1, 0.15) is 11.6 Å². The number of piperidine rings is 1. The second kappa shape index (κ2) is 6.71. The summed E-state index contributed by atoms with van der Waals surface area (Å²) in [5.74, 6) is 2.06. The highest BCUT2D eigenvalue weighted by atomic mass is 16.2. The third-order valence-corrected chi connectivity index (χ3v) is 5.63. The lowest BCUT2D eigenvalue weighted by Gasteiger charge is -2.57. The van der Waals surface area contributed by atoms with E-state index in [1.54, 1.807) is 0 Å². The van der Waals surface area contributed by atoms with Crippen molar-refractivity contribution >= 4 is 11.7 Å². The Morgan fingerprint density at radius 3 is 2.46 bits per heavy atom. The maximum atomic E-state index is 13.2. The maximum Gasteiger partial charge on any atom is 0.230 e. The summed E-state index contributed by atoms with van der Waals surface area (Å²) in [4.78, 5) is 26.6. The van der Waals surface area contributed by atoms with E-state index in [0.29, 0.717) is 12.1 Å². The number of hydrogen-bond acceptors (Lipinski definition) is 4. The largest absolute Gasteiger partial charge is 0.352 e. The summed E-state index contributed by atoms with van der Waals surface area (Å²) < 4.78 is 0. The molecule has 5 heteroatoms. The quantitative estimate of drug-likeness (QED) is 0.850. The van der Waals surface area contributed by atoms with Gasteiger partial charge in [0, 0.05) is 24.8 Å². The molecule has 0 spiro atoms. The number of anilines is 1. The Morgan fingerprint density at radius 2 is 1.85 bits per heavy atom. The summed E-state index contributed by atoms with van der Waals surface area (Å²) in [6.45, 7) is 7.77. The molecule has 2 aromatic rings. The number of benzene rings is 1. The van der Waals surface area contributed by atoms with Crippen LogP contribution in [0.25, 0.3) is 0 Å². The Kier molecular flexibility index (Phi) is 4.39. The van der Waals surface area contributed by atoms with Gasteiger partial charge < -0.3 is 9.80 Å². The molecule has 1 aromatic heterocycles. The van der Waals surface area contributed by atoms with Crippen molar-refractivity contribution in [3.8, 4) is 0 Å². The lowest BCUT2D eigenvalue weighted by Crippen LogP contribution is -2.71. The zero-order valence-corrected chi connectivity index (χ0v) is 15.7. The fraction of sp³-hybridized carbons (Fsp3) is 0.476. The first-order valence-electron chi connectivity index (χ1n) is 9.51. The van der Waals surface area contributed by atoms with Gasteiger partial charge in [0.2, 0.25) is 5.91 Å². The normalized spacial score (nSPS) is 22.7. The SMILES string of the molecule is CCC(C(=O)N1C2CC1CN(c1cc(C)nc(C)n1)C2)c1ccccc1. The minimum absolute atomic E-state index is 0.0309. The third-order valence-electron chi connectivity index (χ3n) is 5.63. The molecule has 0 aliphatic carbocycles. The molecule has 3 aliphatic rings. The molecular formula is C21H26N4O. The van der Waals surface area contributed by atoms with Crippen molar-refractivity contribution < 1.29 is 4.79 Å². The van der Waals surface area contributed by atoms with E-state index in [2.05, 4.69) is 38.8 Å². The lowest BCUT2D eigenvalue weighted by atomic mass is 9.84. The van der Waals surface area contributed by atoms with Crippen LogP contribution in [0.4, 0.5) is 5.82 Å². The van der Waals surface area contributed by atoms with Crippen LogP contribution in [0, 0.1) is 13.8 Å². The summed E-state index contributed by atoms with van der Waals surface area (Å²) >= 11 is 0. The molecule has 26 heavy (non-hydrogen) atoms. The summed E-state index contributed by atoms with van der Waals surface area (Å²) in [5.41, 5.74) is 2.12. The van der Waals surface area contributed by atoms with Gasteiger partial charge >= 0.3 is 0 Å². The third kappa shape index (κ3) is 2.96. The van der Waals surface area contributed by atoms with Gasteiger partial charge in [-0.2, -0.15) is 0 Å². The molecule has 0 saturated carbocycles. The van der Waals surface area contributed by atoms with Gasteiger partial charge in [0.15, 0.2) is 0 Å². The molecule has 3 aliphatic heterocycles. The van der Waals surface area contributed by atoms with Gasteiger partial charge in [-0.25, -0.2) is 9.97 Å². The van der Waals surface area contributed by atoms with Crippen LogP contribution in [0.3, 0.4) is 0 Å². The Labute approximate surface area is 155 Å². The van der Waals surface area contributed by atoms with E-state index < -0.39 is 0 Å². The molecule has 5 rings (SSSR count). The fourth-order valence-electron chi connectivity index (χ4n) is 4.43. The highest BCUT2D eigenvalue weighted by Gasteiger charge is 2.48. The molecule has 0 radical (unpaired) electrons. The molecular weight excluding hydrogens is 324 g/mol. The van der Waals surface area contributed by atoms with E-state index >= 15 is 0 Å². The van der Waals surface area contributed by atoms with Gasteiger partial charge in [-0.1, -0.05) is 37.3 Å². The number of carbonyl (C=O) groups excluding carboxylic acids is 1. The molecule has 3 fully saturated rings. The molecule has 5 nitrogen and oxygen atoms in total. The second-order valence-electron chi connectivity index (χ2n) is 7.48. The smallest absolute Gasteiger partial charge is 0.230 e. The van der Waals surface area contributed by atoms with Gasteiger partial charge in [0.05, 0.1) is 18.0 Å². The van der Waals surface area contributed by atoms with Crippen molar-refractivity contribution in [1.82, 2.24) is 14.9 Å². The molecule has 2 bridgehead atoms. The summed E-state index contributed by atoms with van der Waals surface area (Å²) in [6.07, 6.45) is 1.95. The van der Waals surface area contributed by atoms with Crippen LogP contribution in [-0.4, -0.2) is 45.9 Å². The average molecular weight is 350 g/mol. The number of carbonyl (C=O) groups is 1. The number of aromatic nitrogens is 2. The molecule has 3 atom stereocenters. The van der Waals surface area contributed by atoms with E-state index in [4.69, 9.17) is 0 Å². The number of piperazine rings is 1. The molecule has 0 N–H and O–H groups in total. The number of amides is 1. The van der Waals surface area contributed by atoms with Crippen LogP contribution in [0.1, 0.15) is 42.8 Å². The molecule has 1 amide bonds. The Morgan fingerprint density at radius 1 is 1.15 bits per heavy atom. The van der Waals surface area contributed by atoms with Crippen LogP contribution in [0.15, 0.2) is 36.4 Å². The second-order valence-corrected chi connectivity index (χ2v) is 7.48. The van der Waals surface area contributed by atoms with E-state index in [1.165, 1.54) is 0 Å². The van der Waals surface area contributed by atoms with Crippen molar-refractivity contribution in [3.05, 3.63) is 53.5 Å². The maximum absolute atomic E-state index is 13.2. The van der Waals surface area contributed by atoms with Crippen molar-refractivity contribution in [1.29, 1.82) is 0 Å². The summed E-state index contributed by atoms with van der Waals surface area (Å²) in [6, 6.07) is 12.8. The number of hydrogen-bond donors (Lipinski definition) is 0. The van der Waals surface area contributed by atoms with Gasteiger partial charge in [-0.3, -0.25) is 4.79 Å². The Hall–Kier alpha value is -2.43. The standard InChI is InChI=1S/C21H26N4O/c1-4-19(16-8-6-5-7-9-16)21(26)25-17-11-18(25)13-24(12-17)20-10-14(2)22-15(3)23-20/h5-10,17-19H,4,11-13H2,1-3H3. The van der Waals surface area contributed by atoms with Crippen LogP contribution in [0.5, 0.6) is 0 Å². The summed E-state index contributed by atoms with van der Waals surface area (Å²) in [5, 5.41) is 0. The van der Waals surface area contributed by atoms with E-state index in [0.717, 1.165) is 48.8 Å². The Bertz CT molecular complexity index is 775. The topological polar surface area (TPSA) is 49.3 Å². The zero-order valence-electron chi connectivity index (χ0n) is 15.7. The number of fused-ring (bicyclic) bond motifs is 2. The molecule has 3 saturated heterocycles. The molecule has 1 aromatic carbocycles. The van der Waals surface area contributed by atoms with Crippen LogP contribution >= 0.6 is 0 Å². The fourth-order valence-corrected chi connectivity index (χ4v) is 4.43. The number of rotatable bonds is 4. The number of aryl methyl sites for hydroxylation is 2. The highest BCUT2D eigenvalue weighted by molar-refractivity contribution is 5.85. The van der Waals surface area contributed by atoms with E-state index in [1.807, 2.05) is 38.1 Å². The first-order valence-corrected chi connectivity index (χ1v) is 9.51. The van der Waals surface area contributed by atoms with Crippen LogP contribution in [0.2, 0.25) is 0 Å². The van der Waals surface area contributed by atoms with Gasteiger partial charge in [-0.15, -0.1) is 0 Å². The lowest BCUT2D eigenvalue weighted by molar-refractivity contribution is -0.148. The van der Waals surface area contributed by atoms with Crippen molar-refractivity contribution in [2.24, 2.45) is 0 Å². The summed E-state index contributed by atoms with van der Waals surface area (Å²) in [7, 11) is 0. The highest BCUT2D eigenvalue weighted by Crippen LogP contribution is 2.37. The minimum atomic E-state index is -0.0309. The zero-order chi connectivity index (χ0) is 18.3. The minimum Gasteiger partial charge on any atom is -0.352 e. The first kappa shape index (κ1) is 17.0. The van der Waals surface area contributed by atoms with Crippen molar-refractivity contribution in [2.45, 2.75) is 51.6 Å². The van der Waals surface area contributed by atoms with Crippen molar-refractivity contribution in [3.63, 3.8) is 0 Å². The van der Waals surface area contributed by atoms with Gasteiger partial charge in [-0.05, 0) is 32.3 Å². The van der Waals surface area contributed by atoms with E-state index in [9.17, 15) is 4.79 Å². The van der Waals surface area contributed by atoms with Gasteiger partial charge in [0.25, 0.3) is 0 Å². The Balaban J connectivity index is 1.49. The number of nitrogens with zero attached hydrogens (tertiary/aromatic N) is 4. The predicted octanol–water partition coefficient (Wildman–Crippen LogP) is 3.08.